The molecular formula is C17H23NO3. The van der Waals surface area contributed by atoms with Crippen molar-refractivity contribution < 1.29 is 14.3 Å². The Kier molecular flexibility index (Phi) is 5.51. The molecule has 1 aromatic rings. The summed E-state index contributed by atoms with van der Waals surface area (Å²) in [7, 11) is 0. The average Bonchev–Trinajstić information content (AvgIpc) is 2.52. The van der Waals surface area contributed by atoms with Crippen molar-refractivity contribution >= 4 is 11.7 Å². The van der Waals surface area contributed by atoms with E-state index in [1.807, 2.05) is 31.2 Å². The molecule has 0 N–H and O–H groups in total. The Balaban J connectivity index is 1.83. The van der Waals surface area contributed by atoms with Crippen LogP contribution >= 0.6 is 0 Å². The third-order valence-electron chi connectivity index (χ3n) is 3.84. The molecule has 1 aromatic carbocycles. The van der Waals surface area contributed by atoms with Gasteiger partial charge in [0, 0.05) is 31.5 Å². The van der Waals surface area contributed by atoms with Gasteiger partial charge >= 0.3 is 0 Å². The summed E-state index contributed by atoms with van der Waals surface area (Å²) in [5, 5.41) is 0. The highest BCUT2D eigenvalue weighted by atomic mass is 16.5. The predicted octanol–water partition coefficient (Wildman–Crippen LogP) is 2.46. The molecule has 1 unspecified atom stereocenters. The van der Waals surface area contributed by atoms with Gasteiger partial charge in [-0.3, -0.25) is 9.59 Å². The molecule has 1 saturated heterocycles. The Labute approximate surface area is 126 Å². The van der Waals surface area contributed by atoms with Crippen molar-refractivity contribution in [2.75, 3.05) is 19.7 Å². The maximum Gasteiger partial charge on any atom is 0.223 e. The fourth-order valence-corrected chi connectivity index (χ4v) is 2.49. The minimum absolute atomic E-state index is 0.0345. The Bertz CT molecular complexity index is 495. The SMILES string of the molecule is CCc1ccc(C(=O)CCC(=O)N2CCOC(C)C2)cc1. The second kappa shape index (κ2) is 7.36. The molecule has 4 heteroatoms. The molecule has 1 aliphatic rings. The van der Waals surface area contributed by atoms with Gasteiger partial charge in [0.1, 0.15) is 0 Å². The number of morpholine rings is 1. The molecule has 0 bridgehead atoms. The number of nitrogens with zero attached hydrogens (tertiary/aromatic N) is 1. The van der Waals surface area contributed by atoms with Gasteiger partial charge in [0.05, 0.1) is 12.7 Å². The van der Waals surface area contributed by atoms with E-state index in [4.69, 9.17) is 4.74 Å². The molecule has 4 nitrogen and oxygen atoms in total. The van der Waals surface area contributed by atoms with Gasteiger partial charge in [-0.1, -0.05) is 31.2 Å². The average molecular weight is 289 g/mol. The summed E-state index contributed by atoms with van der Waals surface area (Å²) in [6.45, 7) is 5.87. The van der Waals surface area contributed by atoms with Crippen LogP contribution in [0.25, 0.3) is 0 Å². The van der Waals surface area contributed by atoms with Crippen LogP contribution in [0.2, 0.25) is 0 Å². The molecule has 21 heavy (non-hydrogen) atoms. The zero-order valence-electron chi connectivity index (χ0n) is 12.8. The number of benzene rings is 1. The van der Waals surface area contributed by atoms with E-state index in [1.54, 1.807) is 4.90 Å². The van der Waals surface area contributed by atoms with Crippen LogP contribution in [-0.2, 0) is 16.0 Å². The topological polar surface area (TPSA) is 46.6 Å². The minimum Gasteiger partial charge on any atom is -0.375 e. The Morgan fingerprint density at radius 2 is 1.95 bits per heavy atom. The summed E-state index contributed by atoms with van der Waals surface area (Å²) in [6.07, 6.45) is 1.60. The molecule has 0 radical (unpaired) electrons. The molecule has 1 aliphatic heterocycles. The first-order chi connectivity index (χ1) is 10.1. The number of amides is 1. The van der Waals surface area contributed by atoms with E-state index in [-0.39, 0.29) is 30.6 Å². The van der Waals surface area contributed by atoms with E-state index >= 15 is 0 Å². The summed E-state index contributed by atoms with van der Waals surface area (Å²) < 4.78 is 5.41. The lowest BCUT2D eigenvalue weighted by Gasteiger charge is -2.31. The molecule has 1 atom stereocenters. The van der Waals surface area contributed by atoms with Crippen molar-refractivity contribution in [3.05, 3.63) is 35.4 Å². The lowest BCUT2D eigenvalue weighted by atomic mass is 10.0. The fraction of sp³-hybridized carbons (Fsp3) is 0.529. The number of rotatable bonds is 5. The van der Waals surface area contributed by atoms with Crippen LogP contribution in [0.15, 0.2) is 24.3 Å². The van der Waals surface area contributed by atoms with E-state index in [0.29, 0.717) is 25.3 Å². The van der Waals surface area contributed by atoms with Crippen molar-refractivity contribution in [3.63, 3.8) is 0 Å². The van der Waals surface area contributed by atoms with Gasteiger partial charge < -0.3 is 9.64 Å². The van der Waals surface area contributed by atoms with Gasteiger partial charge in [-0.15, -0.1) is 0 Å². The second-order valence-electron chi connectivity index (χ2n) is 5.49. The van der Waals surface area contributed by atoms with Crippen LogP contribution < -0.4 is 0 Å². The summed E-state index contributed by atoms with van der Waals surface area (Å²) >= 11 is 0. The Morgan fingerprint density at radius 3 is 2.57 bits per heavy atom. The maximum atomic E-state index is 12.1. The molecular weight excluding hydrogens is 266 g/mol. The summed E-state index contributed by atoms with van der Waals surface area (Å²) in [5.41, 5.74) is 1.90. The number of aryl methyl sites for hydroxylation is 1. The van der Waals surface area contributed by atoms with Gasteiger partial charge in [-0.25, -0.2) is 0 Å². The molecule has 114 valence electrons. The van der Waals surface area contributed by atoms with Crippen molar-refractivity contribution in [1.29, 1.82) is 0 Å². The summed E-state index contributed by atoms with van der Waals surface area (Å²) in [6, 6.07) is 7.64. The molecule has 0 aliphatic carbocycles. The fourth-order valence-electron chi connectivity index (χ4n) is 2.49. The lowest BCUT2D eigenvalue weighted by molar-refractivity contribution is -0.138. The number of carbonyl (C=O) groups excluding carboxylic acids is 2. The van der Waals surface area contributed by atoms with E-state index in [2.05, 4.69) is 6.92 Å². The standard InChI is InChI=1S/C17H23NO3/c1-3-14-4-6-15(7-5-14)16(19)8-9-17(20)18-10-11-21-13(2)12-18/h4-7,13H,3,8-12H2,1-2H3. The van der Waals surface area contributed by atoms with Gasteiger partial charge in [0.15, 0.2) is 5.78 Å². The maximum absolute atomic E-state index is 12.1. The molecule has 1 fully saturated rings. The Morgan fingerprint density at radius 1 is 1.24 bits per heavy atom. The van der Waals surface area contributed by atoms with Crippen LogP contribution in [0.1, 0.15) is 42.6 Å². The van der Waals surface area contributed by atoms with Crippen LogP contribution in [-0.4, -0.2) is 42.4 Å². The van der Waals surface area contributed by atoms with Crippen molar-refractivity contribution in [2.45, 2.75) is 39.2 Å². The predicted molar refractivity (Wildman–Crippen MR) is 81.4 cm³/mol. The number of Topliss-reactive ketones (excluding diaryl/α,β-unsaturated/α-hetero) is 1. The van der Waals surface area contributed by atoms with Crippen LogP contribution in [0, 0.1) is 0 Å². The molecule has 0 saturated carbocycles. The summed E-state index contributed by atoms with van der Waals surface area (Å²) in [4.78, 5) is 26.0. The second-order valence-corrected chi connectivity index (χ2v) is 5.49. The molecule has 1 heterocycles. The molecule has 2 rings (SSSR count). The normalized spacial score (nSPS) is 18.6. The first-order valence-corrected chi connectivity index (χ1v) is 7.61. The van der Waals surface area contributed by atoms with Crippen LogP contribution in [0.5, 0.6) is 0 Å². The third kappa shape index (κ3) is 4.39. The monoisotopic (exact) mass is 289 g/mol. The molecule has 0 spiro atoms. The van der Waals surface area contributed by atoms with E-state index in [0.717, 1.165) is 6.42 Å². The smallest absolute Gasteiger partial charge is 0.223 e. The highest BCUT2D eigenvalue weighted by Gasteiger charge is 2.21. The Hall–Kier alpha value is -1.68. The van der Waals surface area contributed by atoms with Gasteiger partial charge in [-0.2, -0.15) is 0 Å². The number of ether oxygens (including phenoxy) is 1. The number of carbonyl (C=O) groups is 2. The first kappa shape index (κ1) is 15.7. The summed E-state index contributed by atoms with van der Waals surface area (Å²) in [5.74, 6) is 0.0796. The van der Waals surface area contributed by atoms with Gasteiger partial charge in [0.2, 0.25) is 5.91 Å². The van der Waals surface area contributed by atoms with Crippen LogP contribution in [0.3, 0.4) is 0 Å². The highest BCUT2D eigenvalue weighted by Crippen LogP contribution is 2.11. The van der Waals surface area contributed by atoms with E-state index in [9.17, 15) is 9.59 Å². The van der Waals surface area contributed by atoms with Crippen molar-refractivity contribution in [1.82, 2.24) is 4.90 Å². The van der Waals surface area contributed by atoms with Crippen LogP contribution in [0.4, 0.5) is 0 Å². The first-order valence-electron chi connectivity index (χ1n) is 7.61. The zero-order chi connectivity index (χ0) is 15.2. The number of hydrogen-bond donors (Lipinski definition) is 0. The zero-order valence-corrected chi connectivity index (χ0v) is 12.8. The third-order valence-corrected chi connectivity index (χ3v) is 3.84. The van der Waals surface area contributed by atoms with Crippen molar-refractivity contribution in [3.8, 4) is 0 Å². The largest absolute Gasteiger partial charge is 0.375 e. The minimum atomic E-state index is 0.0345. The number of ketones is 1. The van der Waals surface area contributed by atoms with Gasteiger partial charge in [-0.05, 0) is 18.9 Å². The lowest BCUT2D eigenvalue weighted by Crippen LogP contribution is -2.44. The molecule has 0 aromatic heterocycles. The highest BCUT2D eigenvalue weighted by molar-refractivity contribution is 5.98. The van der Waals surface area contributed by atoms with E-state index < -0.39 is 0 Å². The van der Waals surface area contributed by atoms with Gasteiger partial charge in [0.25, 0.3) is 0 Å². The van der Waals surface area contributed by atoms with E-state index in [1.165, 1.54) is 5.56 Å². The molecule has 1 amide bonds. The quantitative estimate of drug-likeness (QED) is 0.782. The number of hydrogen-bond acceptors (Lipinski definition) is 3. The van der Waals surface area contributed by atoms with Crippen molar-refractivity contribution in [2.24, 2.45) is 0 Å².